The molecule has 62 heavy (non-hydrogen) atoms. The van der Waals surface area contributed by atoms with E-state index in [0.29, 0.717) is 0 Å². The first-order chi connectivity index (χ1) is 30.7. The van der Waals surface area contributed by atoms with Crippen molar-refractivity contribution >= 4 is 71.3 Å². The van der Waals surface area contributed by atoms with E-state index in [0.717, 1.165) is 61.3 Å². The molecule has 0 atom stereocenters. The van der Waals surface area contributed by atoms with Crippen LogP contribution in [0.5, 0.6) is 0 Å². The second-order valence-corrected chi connectivity index (χ2v) is 16.1. The normalized spacial score (nSPS) is 11.5. The molecule has 0 aliphatic heterocycles. The minimum Gasteiger partial charge on any atom is -0.455 e. The van der Waals surface area contributed by atoms with E-state index in [2.05, 4.69) is 241 Å². The fourth-order valence-electron chi connectivity index (χ4n) is 9.40. The van der Waals surface area contributed by atoms with Crippen molar-refractivity contribution in [3.05, 3.63) is 237 Å². The molecule has 1 heterocycles. The predicted octanol–water partition coefficient (Wildman–Crippen LogP) is 17.2. The number of nitrogens with zero attached hydrogens (tertiary/aromatic N) is 1. The smallest absolute Gasteiger partial charge is 0.145 e. The SMILES string of the molecule is c1ccc(-c2ccc(-c3cccc(N(c4ccc(-c5ccc6ccccc6c5)cc4)c4ccc(-c5cc6ccccc6c6ccccc56)c5oc6ccccc6c45)c3)cc2)cc1. The molecule has 1 aromatic heterocycles. The van der Waals surface area contributed by atoms with E-state index in [1.54, 1.807) is 0 Å². The molecular weight excluding hydrogens is 751 g/mol. The number of fused-ring (bicyclic) bond motifs is 7. The van der Waals surface area contributed by atoms with Crippen molar-refractivity contribution in [1.29, 1.82) is 0 Å². The quantitative estimate of drug-likeness (QED) is 0.150. The van der Waals surface area contributed by atoms with E-state index in [1.807, 2.05) is 0 Å². The first-order valence-corrected chi connectivity index (χ1v) is 21.2. The van der Waals surface area contributed by atoms with Crippen LogP contribution in [0.2, 0.25) is 0 Å². The second-order valence-electron chi connectivity index (χ2n) is 16.1. The second kappa shape index (κ2) is 14.8. The number of hydrogen-bond donors (Lipinski definition) is 0. The van der Waals surface area contributed by atoms with Gasteiger partial charge in [0.2, 0.25) is 0 Å². The van der Waals surface area contributed by atoms with Crippen LogP contribution in [-0.4, -0.2) is 0 Å². The lowest BCUT2D eigenvalue weighted by Gasteiger charge is -2.27. The zero-order valence-electron chi connectivity index (χ0n) is 33.9. The van der Waals surface area contributed by atoms with Crippen LogP contribution >= 0.6 is 0 Å². The molecular formula is C60H39NO. The van der Waals surface area contributed by atoms with Gasteiger partial charge in [0.1, 0.15) is 11.2 Å². The van der Waals surface area contributed by atoms with E-state index < -0.39 is 0 Å². The fraction of sp³-hybridized carbons (Fsp3) is 0. The van der Waals surface area contributed by atoms with Gasteiger partial charge in [0, 0.05) is 22.3 Å². The standard InChI is InChI=1S/C60H39NO/c1-2-13-40(14-3-1)42-25-27-43(28-26-42)46-18-12-19-50(38-46)61(49-33-31-44(32-34-49)47-30-29-41-15-4-5-16-45(41)37-47)57-36-35-54(60-59(57)55-23-10-11-24-58(55)62-60)56-39-48-17-6-7-20-51(48)52-21-8-9-22-53(52)56/h1-39H. The molecule has 12 aromatic rings. The largest absolute Gasteiger partial charge is 0.455 e. The number of anilines is 3. The van der Waals surface area contributed by atoms with Crippen molar-refractivity contribution in [2.45, 2.75) is 0 Å². The van der Waals surface area contributed by atoms with E-state index in [-0.39, 0.29) is 0 Å². The van der Waals surface area contributed by atoms with Gasteiger partial charge < -0.3 is 9.32 Å². The summed E-state index contributed by atoms with van der Waals surface area (Å²) in [6.45, 7) is 0. The molecule has 0 amide bonds. The van der Waals surface area contributed by atoms with Gasteiger partial charge in [0.05, 0.1) is 11.1 Å². The highest BCUT2D eigenvalue weighted by atomic mass is 16.3. The lowest BCUT2D eigenvalue weighted by molar-refractivity contribution is 0.670. The van der Waals surface area contributed by atoms with Crippen LogP contribution in [0, 0.1) is 0 Å². The maximum Gasteiger partial charge on any atom is 0.145 e. The molecule has 0 bridgehead atoms. The molecule has 0 saturated carbocycles. The van der Waals surface area contributed by atoms with Crippen LogP contribution in [0.25, 0.3) is 98.8 Å². The summed E-state index contributed by atoms with van der Waals surface area (Å²) in [5, 5.41) is 9.52. The Hall–Kier alpha value is -8.20. The number of rotatable bonds is 7. The van der Waals surface area contributed by atoms with Crippen LogP contribution in [0.15, 0.2) is 241 Å². The number of hydrogen-bond acceptors (Lipinski definition) is 2. The highest BCUT2D eigenvalue weighted by Crippen LogP contribution is 2.48. The van der Waals surface area contributed by atoms with Crippen molar-refractivity contribution < 1.29 is 4.42 Å². The molecule has 0 spiro atoms. The average molecular weight is 790 g/mol. The Morgan fingerprint density at radius 2 is 0.855 bits per heavy atom. The summed E-state index contributed by atoms with van der Waals surface area (Å²) in [6, 6.07) is 85.4. The molecule has 2 heteroatoms. The van der Waals surface area contributed by atoms with Gasteiger partial charge in [-0.2, -0.15) is 0 Å². The summed E-state index contributed by atoms with van der Waals surface area (Å²) >= 11 is 0. The van der Waals surface area contributed by atoms with Gasteiger partial charge in [-0.05, 0) is 126 Å². The fourth-order valence-corrected chi connectivity index (χ4v) is 9.40. The lowest BCUT2D eigenvalue weighted by Crippen LogP contribution is -2.10. The van der Waals surface area contributed by atoms with Gasteiger partial charge in [0.15, 0.2) is 0 Å². The molecule has 0 aliphatic rings. The number of benzene rings is 11. The van der Waals surface area contributed by atoms with E-state index in [9.17, 15) is 0 Å². The molecule has 0 aliphatic carbocycles. The minimum absolute atomic E-state index is 0.861. The van der Waals surface area contributed by atoms with Gasteiger partial charge in [-0.3, -0.25) is 0 Å². The van der Waals surface area contributed by atoms with Crippen LogP contribution in [0.4, 0.5) is 17.1 Å². The third-order valence-corrected chi connectivity index (χ3v) is 12.4. The first kappa shape index (κ1) is 35.7. The van der Waals surface area contributed by atoms with Gasteiger partial charge in [-0.15, -0.1) is 0 Å². The van der Waals surface area contributed by atoms with Gasteiger partial charge >= 0.3 is 0 Å². The van der Waals surface area contributed by atoms with Crippen molar-refractivity contribution in [3.63, 3.8) is 0 Å². The van der Waals surface area contributed by atoms with Crippen LogP contribution < -0.4 is 4.90 Å². The Labute approximate surface area is 360 Å². The molecule has 12 rings (SSSR count). The Balaban J connectivity index is 1.06. The van der Waals surface area contributed by atoms with Crippen LogP contribution in [0.1, 0.15) is 0 Å². The Morgan fingerprint density at radius 3 is 1.65 bits per heavy atom. The predicted molar refractivity (Wildman–Crippen MR) is 263 cm³/mol. The zero-order valence-corrected chi connectivity index (χ0v) is 33.9. The minimum atomic E-state index is 0.861. The third kappa shape index (κ3) is 6.12. The number of furan rings is 1. The molecule has 290 valence electrons. The van der Waals surface area contributed by atoms with Crippen molar-refractivity contribution in [2.75, 3.05) is 4.90 Å². The molecule has 0 fully saturated rings. The number of para-hydroxylation sites is 1. The third-order valence-electron chi connectivity index (χ3n) is 12.4. The van der Waals surface area contributed by atoms with Crippen LogP contribution in [0.3, 0.4) is 0 Å². The van der Waals surface area contributed by atoms with Crippen molar-refractivity contribution in [3.8, 4) is 44.5 Å². The van der Waals surface area contributed by atoms with E-state index in [1.165, 1.54) is 54.6 Å². The summed E-state index contributed by atoms with van der Waals surface area (Å²) in [5.41, 5.74) is 14.2. The van der Waals surface area contributed by atoms with Gasteiger partial charge in [0.25, 0.3) is 0 Å². The van der Waals surface area contributed by atoms with E-state index in [4.69, 9.17) is 4.42 Å². The van der Waals surface area contributed by atoms with Crippen molar-refractivity contribution in [1.82, 2.24) is 0 Å². The average Bonchev–Trinajstić information content (AvgIpc) is 3.75. The molecule has 0 N–H and O–H groups in total. The summed E-state index contributed by atoms with van der Waals surface area (Å²) in [7, 11) is 0. The summed E-state index contributed by atoms with van der Waals surface area (Å²) in [4.78, 5) is 2.40. The maximum absolute atomic E-state index is 6.99. The van der Waals surface area contributed by atoms with Gasteiger partial charge in [-0.1, -0.05) is 182 Å². The van der Waals surface area contributed by atoms with E-state index >= 15 is 0 Å². The monoisotopic (exact) mass is 789 g/mol. The Kier molecular flexibility index (Phi) is 8.53. The van der Waals surface area contributed by atoms with Crippen molar-refractivity contribution in [2.24, 2.45) is 0 Å². The highest BCUT2D eigenvalue weighted by Gasteiger charge is 2.24. The zero-order chi connectivity index (χ0) is 41.0. The lowest BCUT2D eigenvalue weighted by atomic mass is 9.92. The Bertz CT molecular complexity index is 3620. The Morgan fingerprint density at radius 1 is 0.290 bits per heavy atom. The maximum atomic E-state index is 6.99. The molecule has 0 radical (unpaired) electrons. The molecule has 11 aromatic carbocycles. The molecule has 0 saturated heterocycles. The topological polar surface area (TPSA) is 16.4 Å². The molecule has 2 nitrogen and oxygen atoms in total. The van der Waals surface area contributed by atoms with Gasteiger partial charge in [-0.25, -0.2) is 0 Å². The summed E-state index contributed by atoms with van der Waals surface area (Å²) in [5.74, 6) is 0. The summed E-state index contributed by atoms with van der Waals surface area (Å²) < 4.78 is 6.99. The first-order valence-electron chi connectivity index (χ1n) is 21.2. The van der Waals surface area contributed by atoms with Crippen LogP contribution in [-0.2, 0) is 0 Å². The highest BCUT2D eigenvalue weighted by molar-refractivity contribution is 6.21. The summed E-state index contributed by atoms with van der Waals surface area (Å²) in [6.07, 6.45) is 0. The molecule has 0 unspecified atom stereocenters.